The van der Waals surface area contributed by atoms with Crippen LogP contribution in [0.5, 0.6) is 0 Å². The quantitative estimate of drug-likeness (QED) is 0.134. The number of pyridine rings is 1. The molecule has 12 aromatic rings. The highest BCUT2D eigenvalue weighted by Crippen LogP contribution is 2.35. The highest BCUT2D eigenvalue weighted by Gasteiger charge is 2.23. The van der Waals surface area contributed by atoms with E-state index in [1.807, 2.05) is 93.1 Å². The maximum atomic E-state index is 14.9. The van der Waals surface area contributed by atoms with Gasteiger partial charge in [-0.15, -0.1) is 0 Å². The summed E-state index contributed by atoms with van der Waals surface area (Å²) < 4.78 is 64.2. The number of nitrogens with one attached hydrogen (secondary N) is 3. The fourth-order valence-corrected chi connectivity index (χ4v) is 11.7. The second-order valence-electron chi connectivity index (χ2n) is 21.7. The second kappa shape index (κ2) is 22.3. The molecule has 82 heavy (non-hydrogen) atoms. The topological polar surface area (TPSA) is 179 Å². The predicted octanol–water partition coefficient (Wildman–Crippen LogP) is 11.0. The van der Waals surface area contributed by atoms with Crippen LogP contribution in [0.4, 0.5) is 17.6 Å². The molecule has 414 valence electrons. The average Bonchev–Trinajstić information content (AvgIpc) is 4.24. The molecule has 0 bridgehead atoms. The van der Waals surface area contributed by atoms with Crippen molar-refractivity contribution in [2.45, 2.75) is 63.2 Å². The fourth-order valence-electron chi connectivity index (χ4n) is 11.7. The lowest BCUT2D eigenvalue weighted by molar-refractivity contribution is 0.451. The highest BCUT2D eigenvalue weighted by atomic mass is 19.1. The molecule has 0 atom stereocenters. The molecule has 0 saturated carbocycles. The molecule has 3 aliphatic rings. The number of hydrogen-bond donors (Lipinski definition) is 3. The predicted molar refractivity (Wildman–Crippen MR) is 309 cm³/mol. The van der Waals surface area contributed by atoms with E-state index < -0.39 is 5.82 Å². The summed E-state index contributed by atoms with van der Waals surface area (Å²) in [5.41, 5.74) is 10.8. The van der Waals surface area contributed by atoms with Gasteiger partial charge in [-0.05, 0) is 204 Å². The van der Waals surface area contributed by atoms with E-state index >= 15 is 0 Å². The van der Waals surface area contributed by atoms with E-state index in [2.05, 4.69) is 66.8 Å². The van der Waals surface area contributed by atoms with E-state index in [1.165, 1.54) is 12.1 Å². The van der Waals surface area contributed by atoms with Gasteiger partial charge in [0.15, 0.2) is 11.5 Å². The highest BCUT2D eigenvalue weighted by molar-refractivity contribution is 5.91. The molecule has 3 N–H and O–H groups in total. The van der Waals surface area contributed by atoms with Crippen molar-refractivity contribution in [2.24, 2.45) is 14.1 Å². The lowest BCUT2D eigenvalue weighted by Crippen LogP contribution is -2.27. The summed E-state index contributed by atoms with van der Waals surface area (Å²) in [6, 6.07) is 28.6. The van der Waals surface area contributed by atoms with Crippen LogP contribution in [0.2, 0.25) is 0 Å². The van der Waals surface area contributed by atoms with Gasteiger partial charge < -0.3 is 16.0 Å². The molecule has 0 amide bonds. The van der Waals surface area contributed by atoms with Crippen LogP contribution < -0.4 is 16.0 Å². The number of fused-ring (bicyclic) bond motifs is 6. The van der Waals surface area contributed by atoms with Gasteiger partial charge in [-0.2, -0.15) is 45.9 Å². The summed E-state index contributed by atoms with van der Waals surface area (Å²) >= 11 is 0. The molecule has 16 nitrogen and oxygen atoms in total. The first-order valence-electron chi connectivity index (χ1n) is 27.9. The number of aryl methyl sites for hydroxylation is 3. The Morgan fingerprint density at radius 2 is 0.829 bits per heavy atom. The lowest BCUT2D eigenvalue weighted by Gasteiger charge is -2.21. The summed E-state index contributed by atoms with van der Waals surface area (Å²) in [7, 11) is 3.63. The van der Waals surface area contributed by atoms with Crippen molar-refractivity contribution in [3.63, 3.8) is 0 Å². The van der Waals surface area contributed by atoms with E-state index in [4.69, 9.17) is 0 Å². The number of hydrogen-bond acceptors (Lipinski definition) is 13. The zero-order valence-corrected chi connectivity index (χ0v) is 45.5. The van der Waals surface area contributed by atoms with E-state index in [0.29, 0.717) is 78.3 Å². The number of nitrogens with zero attached hydrogens (tertiary/aromatic N) is 13. The number of halogens is 4. The molecule has 0 spiro atoms. The van der Waals surface area contributed by atoms with Crippen LogP contribution in [0, 0.1) is 30.2 Å². The minimum Gasteiger partial charge on any atom is -0.317 e. The van der Waals surface area contributed by atoms with Crippen molar-refractivity contribution < 1.29 is 17.6 Å². The van der Waals surface area contributed by atoms with Crippen molar-refractivity contribution in [3.05, 3.63) is 162 Å². The SMILES string of the molecule is Cc1nc2ccc(-c3cc(F)c4cc(C5CCNCC5)nnc4c3)cn2n1.Cn1cc2cc(-c3cc(F)c4cc(C5CCNCC5)nnc4c3)cc(F)c2n1.Cn1cc2cc(-c3cc(F)c4cc(C5CCNCC5)nnc4c3)ccc2n1. The Morgan fingerprint density at radius 3 is 1.35 bits per heavy atom. The maximum Gasteiger partial charge on any atom is 0.155 e. The molecule has 0 unspecified atom stereocenters. The molecule has 3 fully saturated rings. The second-order valence-corrected chi connectivity index (χ2v) is 21.7. The van der Waals surface area contributed by atoms with Gasteiger partial charge in [0.05, 0.1) is 39.1 Å². The first-order valence-corrected chi connectivity index (χ1v) is 27.9. The van der Waals surface area contributed by atoms with Crippen LogP contribution in [-0.2, 0) is 14.1 Å². The Hall–Kier alpha value is -8.72. The Kier molecular flexibility index (Phi) is 14.3. The van der Waals surface area contributed by atoms with Gasteiger partial charge in [0.1, 0.15) is 28.8 Å². The third-order valence-corrected chi connectivity index (χ3v) is 16.0. The summed E-state index contributed by atoms with van der Waals surface area (Å²) in [4.78, 5) is 4.32. The van der Waals surface area contributed by atoms with Gasteiger partial charge in [-0.25, -0.2) is 27.1 Å². The largest absolute Gasteiger partial charge is 0.317 e. The fraction of sp³-hybridized carbons (Fsp3) is 0.290. The summed E-state index contributed by atoms with van der Waals surface area (Å²) in [5, 5.41) is 52.1. The lowest BCUT2D eigenvalue weighted by atomic mass is 9.93. The van der Waals surface area contributed by atoms with E-state index in [1.54, 1.807) is 45.3 Å². The molecule has 0 aliphatic carbocycles. The van der Waals surface area contributed by atoms with Crippen LogP contribution in [-0.4, -0.2) is 104 Å². The minimum absolute atomic E-state index is 0.251. The van der Waals surface area contributed by atoms with Crippen LogP contribution in [0.25, 0.3) is 93.5 Å². The average molecular weight is 1100 g/mol. The van der Waals surface area contributed by atoms with E-state index in [9.17, 15) is 17.6 Å². The normalized spacial score (nSPS) is 15.6. The Morgan fingerprint density at radius 1 is 0.402 bits per heavy atom. The zero-order chi connectivity index (χ0) is 56.0. The molecule has 0 radical (unpaired) electrons. The molecule has 3 saturated heterocycles. The Balaban J connectivity index is 0.000000115. The molecule has 15 rings (SSSR count). The number of aromatic nitrogens is 13. The van der Waals surface area contributed by atoms with Gasteiger partial charge in [0.2, 0.25) is 0 Å². The van der Waals surface area contributed by atoms with Crippen molar-refractivity contribution >= 4 is 60.2 Å². The molecule has 20 heteroatoms. The van der Waals surface area contributed by atoms with Crippen molar-refractivity contribution in [3.8, 4) is 33.4 Å². The first-order chi connectivity index (χ1) is 39.9. The van der Waals surface area contributed by atoms with Crippen LogP contribution >= 0.6 is 0 Å². The number of piperidine rings is 3. The molecule has 7 aromatic heterocycles. The van der Waals surface area contributed by atoms with E-state index in [0.717, 1.165) is 134 Å². The molecule has 3 aliphatic heterocycles. The Labute approximate surface area is 468 Å². The number of rotatable bonds is 6. The van der Waals surface area contributed by atoms with Crippen LogP contribution in [0.15, 0.2) is 116 Å². The summed E-state index contributed by atoms with van der Waals surface area (Å²) in [6.07, 6.45) is 11.6. The summed E-state index contributed by atoms with van der Waals surface area (Å²) in [6.45, 7) is 7.61. The van der Waals surface area contributed by atoms with Gasteiger partial charge >= 0.3 is 0 Å². The third-order valence-electron chi connectivity index (χ3n) is 16.0. The van der Waals surface area contributed by atoms with Crippen molar-refractivity contribution in [2.75, 3.05) is 39.3 Å². The first kappa shape index (κ1) is 52.6. The number of benzene rings is 5. The van der Waals surface area contributed by atoms with E-state index in [-0.39, 0.29) is 17.5 Å². The Bertz CT molecular complexity index is 4180. The summed E-state index contributed by atoms with van der Waals surface area (Å²) in [5.74, 6) is 0.384. The van der Waals surface area contributed by atoms with Gasteiger partial charge in [-0.1, -0.05) is 6.07 Å². The zero-order valence-electron chi connectivity index (χ0n) is 45.5. The minimum atomic E-state index is -0.430. The van der Waals surface area contributed by atoms with Crippen molar-refractivity contribution in [1.29, 1.82) is 0 Å². The standard InChI is InChI=1S/C21H19F2N5.C21H20FN5.C20H19FN6/c1-28-11-15-6-13(8-18(23)21(15)27-28)14-7-17(22)16-10-19(25-26-20(16)9-14)12-2-4-24-5-3-12;1-27-12-16-8-14(2-3-19(16)26-27)15-9-18(22)17-11-20(24-25-21(17)10-15)13-4-6-23-7-5-13;1-12-23-20-3-2-14(11-27(20)26-12)15-8-17(21)16-10-18(24-25-19(16)9-15)13-4-6-22-7-5-13/h6-12,24H,2-5H2,1H3;2-3,8-13,23H,4-7H2,1H3;2-3,8-11,13,22H,4-7H2,1H3. The van der Waals surface area contributed by atoms with Crippen LogP contribution in [0.1, 0.15) is 79.2 Å². The third kappa shape index (κ3) is 10.8. The monoisotopic (exact) mass is 1100 g/mol. The van der Waals surface area contributed by atoms with Gasteiger partial charge in [-0.3, -0.25) is 9.36 Å². The molecule has 10 heterocycles. The molecular weight excluding hydrogens is 1040 g/mol. The maximum absolute atomic E-state index is 14.9. The van der Waals surface area contributed by atoms with Crippen molar-refractivity contribution in [1.82, 2.24) is 80.7 Å². The smallest absolute Gasteiger partial charge is 0.155 e. The molecule has 5 aromatic carbocycles. The van der Waals surface area contributed by atoms with Gasteiger partial charge in [0.25, 0.3) is 0 Å². The van der Waals surface area contributed by atoms with Gasteiger partial charge in [0, 0.05) is 82.9 Å². The van der Waals surface area contributed by atoms with Crippen LogP contribution in [0.3, 0.4) is 0 Å². The molecular formula is C62H58F4N16.